The van der Waals surface area contributed by atoms with Crippen molar-refractivity contribution >= 4 is 0 Å². The number of rotatable bonds is 6. The third-order valence-electron chi connectivity index (χ3n) is 4.54. The molecule has 1 saturated carbocycles. The van der Waals surface area contributed by atoms with Gasteiger partial charge in [0, 0.05) is 12.6 Å². The first-order valence-electron chi connectivity index (χ1n) is 7.57. The van der Waals surface area contributed by atoms with Crippen molar-refractivity contribution in [2.75, 3.05) is 6.54 Å². The van der Waals surface area contributed by atoms with Crippen LogP contribution in [0.4, 0.5) is 0 Å². The van der Waals surface area contributed by atoms with Crippen LogP contribution >= 0.6 is 0 Å². The molecule has 2 N–H and O–H groups in total. The maximum atomic E-state index is 10.6. The molecule has 0 aromatic carbocycles. The van der Waals surface area contributed by atoms with Crippen LogP contribution in [0, 0.1) is 5.92 Å². The zero-order chi connectivity index (χ0) is 12.7. The van der Waals surface area contributed by atoms with E-state index in [-0.39, 0.29) is 0 Å². The predicted octanol–water partition coefficient (Wildman–Crippen LogP) is 3.49. The first-order chi connectivity index (χ1) is 8.11. The van der Waals surface area contributed by atoms with Crippen LogP contribution in [0.2, 0.25) is 0 Å². The van der Waals surface area contributed by atoms with Gasteiger partial charge in [-0.3, -0.25) is 0 Å². The second-order valence-electron chi connectivity index (χ2n) is 5.88. The molecule has 1 atom stereocenters. The molecule has 0 aliphatic heterocycles. The number of hydrogen-bond acceptors (Lipinski definition) is 2. The number of nitrogens with one attached hydrogen (secondary N) is 1. The van der Waals surface area contributed by atoms with Crippen molar-refractivity contribution in [3.63, 3.8) is 0 Å². The highest BCUT2D eigenvalue weighted by Gasteiger charge is 2.28. The standard InChI is InChI=1S/C15H31NO/c1-4-14(5-2)13(3)16-12-15(17)10-8-6-7-9-11-15/h13-14,16-17H,4-12H2,1-3H3. The Morgan fingerprint density at radius 1 is 1.06 bits per heavy atom. The number of aliphatic hydroxyl groups is 1. The number of hydrogen-bond donors (Lipinski definition) is 2. The van der Waals surface area contributed by atoms with Gasteiger partial charge in [-0.25, -0.2) is 0 Å². The first kappa shape index (κ1) is 15.0. The highest BCUT2D eigenvalue weighted by atomic mass is 16.3. The summed E-state index contributed by atoms with van der Waals surface area (Å²) in [7, 11) is 0. The van der Waals surface area contributed by atoms with E-state index in [1.165, 1.54) is 38.5 Å². The summed E-state index contributed by atoms with van der Waals surface area (Å²) in [6, 6.07) is 0.525. The summed E-state index contributed by atoms with van der Waals surface area (Å²) in [5.41, 5.74) is -0.434. The maximum Gasteiger partial charge on any atom is 0.0771 e. The molecule has 1 aliphatic carbocycles. The van der Waals surface area contributed by atoms with Crippen LogP contribution in [-0.4, -0.2) is 23.3 Å². The second-order valence-corrected chi connectivity index (χ2v) is 5.88. The molecule has 17 heavy (non-hydrogen) atoms. The van der Waals surface area contributed by atoms with Gasteiger partial charge < -0.3 is 10.4 Å². The molecule has 0 spiro atoms. The summed E-state index contributed by atoms with van der Waals surface area (Å²) in [6.45, 7) is 7.56. The van der Waals surface area contributed by atoms with E-state index < -0.39 is 5.60 Å². The van der Waals surface area contributed by atoms with Crippen molar-refractivity contribution in [2.24, 2.45) is 5.92 Å². The molecule has 1 aliphatic rings. The minimum atomic E-state index is -0.434. The molecule has 102 valence electrons. The highest BCUT2D eigenvalue weighted by molar-refractivity contribution is 4.85. The third kappa shape index (κ3) is 4.97. The van der Waals surface area contributed by atoms with E-state index in [2.05, 4.69) is 26.1 Å². The molecule has 2 heteroatoms. The van der Waals surface area contributed by atoms with Gasteiger partial charge in [-0.1, -0.05) is 52.4 Å². The van der Waals surface area contributed by atoms with E-state index in [0.717, 1.165) is 25.3 Å². The van der Waals surface area contributed by atoms with Crippen molar-refractivity contribution in [2.45, 2.75) is 83.8 Å². The largest absolute Gasteiger partial charge is 0.389 e. The zero-order valence-corrected chi connectivity index (χ0v) is 12.0. The lowest BCUT2D eigenvalue weighted by atomic mass is 9.91. The van der Waals surface area contributed by atoms with E-state index in [1.54, 1.807) is 0 Å². The normalized spacial score (nSPS) is 22.4. The van der Waals surface area contributed by atoms with Crippen molar-refractivity contribution < 1.29 is 5.11 Å². The molecule has 1 unspecified atom stereocenters. The Kier molecular flexibility index (Phi) is 6.50. The summed E-state index contributed by atoms with van der Waals surface area (Å²) < 4.78 is 0. The van der Waals surface area contributed by atoms with E-state index in [4.69, 9.17) is 0 Å². The minimum absolute atomic E-state index is 0.434. The van der Waals surface area contributed by atoms with Crippen LogP contribution in [0.15, 0.2) is 0 Å². The molecule has 1 fully saturated rings. The van der Waals surface area contributed by atoms with Gasteiger partial charge in [0.2, 0.25) is 0 Å². The van der Waals surface area contributed by atoms with Gasteiger partial charge in [-0.05, 0) is 25.7 Å². The Balaban J connectivity index is 2.36. The summed E-state index contributed by atoms with van der Waals surface area (Å²) in [4.78, 5) is 0. The Labute approximate surface area is 107 Å². The fourth-order valence-corrected chi connectivity index (χ4v) is 3.08. The van der Waals surface area contributed by atoms with Crippen LogP contribution in [0.3, 0.4) is 0 Å². The average molecular weight is 241 g/mol. The Morgan fingerprint density at radius 3 is 2.06 bits per heavy atom. The van der Waals surface area contributed by atoms with Crippen LogP contribution < -0.4 is 5.32 Å². The predicted molar refractivity (Wildman–Crippen MR) is 74.2 cm³/mol. The van der Waals surface area contributed by atoms with Crippen LogP contribution in [-0.2, 0) is 0 Å². The molecule has 0 bridgehead atoms. The maximum absolute atomic E-state index is 10.6. The van der Waals surface area contributed by atoms with Crippen LogP contribution in [0.1, 0.15) is 72.1 Å². The lowest BCUT2D eigenvalue weighted by Gasteiger charge is -2.31. The molecule has 0 amide bonds. The van der Waals surface area contributed by atoms with E-state index >= 15 is 0 Å². The van der Waals surface area contributed by atoms with Crippen LogP contribution in [0.25, 0.3) is 0 Å². The topological polar surface area (TPSA) is 32.3 Å². The van der Waals surface area contributed by atoms with Gasteiger partial charge >= 0.3 is 0 Å². The summed E-state index contributed by atoms with van der Waals surface area (Å²) in [5.74, 6) is 0.740. The summed E-state index contributed by atoms with van der Waals surface area (Å²) in [5, 5.41) is 14.1. The van der Waals surface area contributed by atoms with Gasteiger partial charge in [-0.15, -0.1) is 0 Å². The van der Waals surface area contributed by atoms with Crippen molar-refractivity contribution in [1.82, 2.24) is 5.32 Å². The summed E-state index contributed by atoms with van der Waals surface area (Å²) >= 11 is 0. The van der Waals surface area contributed by atoms with E-state index in [1.807, 2.05) is 0 Å². The molecule has 0 heterocycles. The summed E-state index contributed by atoms with van der Waals surface area (Å²) in [6.07, 6.45) is 9.39. The Hall–Kier alpha value is -0.0800. The fourth-order valence-electron chi connectivity index (χ4n) is 3.08. The highest BCUT2D eigenvalue weighted by Crippen LogP contribution is 2.26. The SMILES string of the molecule is CCC(CC)C(C)NCC1(O)CCCCCC1. The lowest BCUT2D eigenvalue weighted by Crippen LogP contribution is -2.45. The van der Waals surface area contributed by atoms with E-state index in [0.29, 0.717) is 6.04 Å². The van der Waals surface area contributed by atoms with Crippen LogP contribution in [0.5, 0.6) is 0 Å². The fraction of sp³-hybridized carbons (Fsp3) is 1.00. The van der Waals surface area contributed by atoms with E-state index in [9.17, 15) is 5.11 Å². The molecule has 2 nitrogen and oxygen atoms in total. The molecule has 0 radical (unpaired) electrons. The third-order valence-corrected chi connectivity index (χ3v) is 4.54. The first-order valence-corrected chi connectivity index (χ1v) is 7.57. The Morgan fingerprint density at radius 2 is 1.59 bits per heavy atom. The quantitative estimate of drug-likeness (QED) is 0.698. The molecule has 0 aromatic heterocycles. The molecular weight excluding hydrogens is 210 g/mol. The Bertz CT molecular complexity index is 193. The van der Waals surface area contributed by atoms with Crippen molar-refractivity contribution in [3.8, 4) is 0 Å². The molecule has 0 aromatic rings. The van der Waals surface area contributed by atoms with Gasteiger partial charge in [-0.2, -0.15) is 0 Å². The molecular formula is C15H31NO. The zero-order valence-electron chi connectivity index (χ0n) is 12.0. The van der Waals surface area contributed by atoms with Gasteiger partial charge in [0.1, 0.15) is 0 Å². The molecule has 0 saturated heterocycles. The van der Waals surface area contributed by atoms with Crippen molar-refractivity contribution in [3.05, 3.63) is 0 Å². The lowest BCUT2D eigenvalue weighted by molar-refractivity contribution is 0.0212. The minimum Gasteiger partial charge on any atom is -0.389 e. The monoisotopic (exact) mass is 241 g/mol. The van der Waals surface area contributed by atoms with Gasteiger partial charge in [0.05, 0.1) is 5.60 Å². The van der Waals surface area contributed by atoms with Gasteiger partial charge in [0.15, 0.2) is 0 Å². The van der Waals surface area contributed by atoms with Gasteiger partial charge in [0.25, 0.3) is 0 Å². The second kappa shape index (κ2) is 7.38. The smallest absolute Gasteiger partial charge is 0.0771 e. The molecule has 1 rings (SSSR count). The average Bonchev–Trinajstić information content (AvgIpc) is 2.54. The van der Waals surface area contributed by atoms with Crippen molar-refractivity contribution in [1.29, 1.82) is 0 Å².